The number of halogens is 2. The first kappa shape index (κ1) is 14.0. The highest BCUT2D eigenvalue weighted by Gasteiger charge is 2.10. The molecule has 0 atom stereocenters. The predicted molar refractivity (Wildman–Crippen MR) is 70.6 cm³/mol. The van der Waals surface area contributed by atoms with Crippen molar-refractivity contribution < 1.29 is 19.1 Å². The van der Waals surface area contributed by atoms with Gasteiger partial charge in [0.1, 0.15) is 11.5 Å². The first-order valence-electron chi connectivity index (χ1n) is 5.43. The summed E-state index contributed by atoms with van der Waals surface area (Å²) in [5.74, 6) is -2.37. The number of hydrogen-bond acceptors (Lipinski definition) is 3. The molecule has 7 heteroatoms. The third-order valence-electron chi connectivity index (χ3n) is 2.42. The molecule has 0 aliphatic heterocycles. The molecule has 1 aromatic carbocycles. The van der Waals surface area contributed by atoms with E-state index in [1.807, 2.05) is 0 Å². The van der Waals surface area contributed by atoms with Crippen LogP contribution in [-0.4, -0.2) is 22.0 Å². The number of carbonyl (C=O) groups is 2. The third kappa shape index (κ3) is 3.10. The lowest BCUT2D eigenvalue weighted by molar-refractivity contribution is 0.0696. The number of carbonyl (C=O) groups excluding carboxylic acids is 1. The van der Waals surface area contributed by atoms with Gasteiger partial charge in [0.05, 0.1) is 10.6 Å². The number of hydrogen-bond donors (Lipinski definition) is 2. The van der Waals surface area contributed by atoms with Crippen molar-refractivity contribution in [1.29, 1.82) is 0 Å². The second-order valence-corrected chi connectivity index (χ2v) is 4.23. The minimum absolute atomic E-state index is 0.0189. The van der Waals surface area contributed by atoms with Crippen LogP contribution in [0.3, 0.4) is 0 Å². The van der Waals surface area contributed by atoms with Gasteiger partial charge in [-0.1, -0.05) is 11.6 Å². The Morgan fingerprint density at radius 3 is 2.55 bits per heavy atom. The fourth-order valence-electron chi connectivity index (χ4n) is 1.42. The van der Waals surface area contributed by atoms with Crippen molar-refractivity contribution in [3.05, 3.63) is 58.6 Å². The predicted octanol–water partition coefficient (Wildman–Crippen LogP) is 2.82. The molecular formula is C13H8ClFN2O3. The summed E-state index contributed by atoms with van der Waals surface area (Å²) in [5, 5.41) is 11.1. The van der Waals surface area contributed by atoms with E-state index in [-0.39, 0.29) is 22.0 Å². The van der Waals surface area contributed by atoms with Gasteiger partial charge in [-0.3, -0.25) is 9.78 Å². The molecule has 2 N–H and O–H groups in total. The maximum Gasteiger partial charge on any atom is 0.337 e. The van der Waals surface area contributed by atoms with Crippen molar-refractivity contribution in [2.24, 2.45) is 0 Å². The molecule has 2 rings (SSSR count). The molecule has 0 spiro atoms. The number of nitrogens with one attached hydrogen (secondary N) is 1. The Morgan fingerprint density at radius 2 is 2.00 bits per heavy atom. The van der Waals surface area contributed by atoms with E-state index in [9.17, 15) is 14.0 Å². The topological polar surface area (TPSA) is 79.3 Å². The first-order valence-corrected chi connectivity index (χ1v) is 5.81. The summed E-state index contributed by atoms with van der Waals surface area (Å²) in [4.78, 5) is 26.2. The Morgan fingerprint density at radius 1 is 1.25 bits per heavy atom. The van der Waals surface area contributed by atoms with E-state index in [1.54, 1.807) is 0 Å². The van der Waals surface area contributed by atoms with Crippen molar-refractivity contribution >= 4 is 29.2 Å². The van der Waals surface area contributed by atoms with Crippen LogP contribution in [0.25, 0.3) is 0 Å². The van der Waals surface area contributed by atoms with Gasteiger partial charge < -0.3 is 10.4 Å². The molecule has 0 saturated heterocycles. The Kier molecular flexibility index (Phi) is 3.95. The van der Waals surface area contributed by atoms with Gasteiger partial charge in [0.25, 0.3) is 5.91 Å². The zero-order valence-electron chi connectivity index (χ0n) is 9.93. The molecule has 0 aliphatic rings. The average molecular weight is 295 g/mol. The molecule has 0 saturated carbocycles. The van der Waals surface area contributed by atoms with Crippen LogP contribution in [-0.2, 0) is 0 Å². The van der Waals surface area contributed by atoms with E-state index in [0.717, 1.165) is 12.3 Å². The zero-order valence-corrected chi connectivity index (χ0v) is 10.7. The third-order valence-corrected chi connectivity index (χ3v) is 2.73. The Labute approximate surface area is 118 Å². The van der Waals surface area contributed by atoms with Crippen molar-refractivity contribution in [2.45, 2.75) is 0 Å². The first-order chi connectivity index (χ1) is 9.47. The van der Waals surface area contributed by atoms with Crippen LogP contribution < -0.4 is 5.32 Å². The van der Waals surface area contributed by atoms with E-state index in [1.165, 1.54) is 24.3 Å². The molecule has 0 unspecified atom stereocenters. The lowest BCUT2D eigenvalue weighted by Gasteiger charge is -2.05. The van der Waals surface area contributed by atoms with Crippen LogP contribution in [0.4, 0.5) is 10.1 Å². The molecule has 0 aliphatic carbocycles. The number of benzene rings is 1. The highest BCUT2D eigenvalue weighted by atomic mass is 35.5. The van der Waals surface area contributed by atoms with Crippen LogP contribution in [0, 0.1) is 5.82 Å². The summed E-state index contributed by atoms with van der Waals surface area (Å²) in [5.41, 5.74) is 0.213. The van der Waals surface area contributed by atoms with Gasteiger partial charge in [-0.05, 0) is 30.3 Å². The number of pyridine rings is 1. The van der Waals surface area contributed by atoms with Gasteiger partial charge in [-0.25, -0.2) is 9.18 Å². The van der Waals surface area contributed by atoms with Gasteiger partial charge in [0.2, 0.25) is 0 Å². The molecule has 5 nitrogen and oxygen atoms in total. The van der Waals surface area contributed by atoms with Gasteiger partial charge >= 0.3 is 5.97 Å². The highest BCUT2D eigenvalue weighted by Crippen LogP contribution is 2.19. The highest BCUT2D eigenvalue weighted by molar-refractivity contribution is 6.30. The lowest BCUT2D eigenvalue weighted by atomic mass is 10.2. The zero-order chi connectivity index (χ0) is 14.7. The maximum absolute atomic E-state index is 13.2. The smallest absolute Gasteiger partial charge is 0.337 e. The number of amides is 1. The average Bonchev–Trinajstić information content (AvgIpc) is 2.43. The maximum atomic E-state index is 13.2. The van der Waals surface area contributed by atoms with Gasteiger partial charge in [-0.2, -0.15) is 0 Å². The largest absolute Gasteiger partial charge is 0.478 e. The number of carboxylic acid groups (broad SMARTS) is 1. The van der Waals surface area contributed by atoms with E-state index >= 15 is 0 Å². The number of nitrogens with zero attached hydrogens (tertiary/aromatic N) is 1. The standard InChI is InChI=1S/C13H8ClFN2O3/c14-9-3-2-8(5-10(9)15)17-12(18)11-4-1-7(6-16-11)13(19)20/h1-6H,(H,17,18)(H,19,20). The number of aromatic carboxylic acids is 1. The summed E-state index contributed by atoms with van der Waals surface area (Å²) < 4.78 is 13.2. The second-order valence-electron chi connectivity index (χ2n) is 3.82. The molecule has 1 heterocycles. The Hall–Kier alpha value is -2.47. The fourth-order valence-corrected chi connectivity index (χ4v) is 1.54. The minimum Gasteiger partial charge on any atom is -0.478 e. The van der Waals surface area contributed by atoms with E-state index in [2.05, 4.69) is 10.3 Å². The molecule has 0 bridgehead atoms. The molecule has 0 fully saturated rings. The van der Waals surface area contributed by atoms with E-state index < -0.39 is 17.7 Å². The lowest BCUT2D eigenvalue weighted by Crippen LogP contribution is -2.14. The van der Waals surface area contributed by atoms with Crippen LogP contribution in [0.1, 0.15) is 20.8 Å². The number of anilines is 1. The Balaban J connectivity index is 2.15. The van der Waals surface area contributed by atoms with Crippen LogP contribution in [0.2, 0.25) is 5.02 Å². The summed E-state index contributed by atoms with van der Waals surface area (Å²) in [6.07, 6.45) is 1.07. The van der Waals surface area contributed by atoms with E-state index in [0.29, 0.717) is 0 Å². The molecule has 1 amide bonds. The summed E-state index contributed by atoms with van der Waals surface area (Å²) in [7, 11) is 0. The van der Waals surface area contributed by atoms with Crippen molar-refractivity contribution in [3.8, 4) is 0 Å². The van der Waals surface area contributed by atoms with Gasteiger partial charge in [0, 0.05) is 11.9 Å². The van der Waals surface area contributed by atoms with Crippen molar-refractivity contribution in [3.63, 3.8) is 0 Å². The molecular weight excluding hydrogens is 287 g/mol. The second kappa shape index (κ2) is 5.66. The molecule has 1 aromatic heterocycles. The Bertz CT molecular complexity index is 674. The molecule has 2 aromatic rings. The van der Waals surface area contributed by atoms with Crippen LogP contribution >= 0.6 is 11.6 Å². The molecule has 102 valence electrons. The summed E-state index contributed by atoms with van der Waals surface area (Å²) in [6.45, 7) is 0. The minimum atomic E-state index is -1.13. The normalized spacial score (nSPS) is 10.1. The van der Waals surface area contributed by atoms with E-state index in [4.69, 9.17) is 16.7 Å². The van der Waals surface area contributed by atoms with Crippen molar-refractivity contribution in [1.82, 2.24) is 4.98 Å². The SMILES string of the molecule is O=C(O)c1ccc(C(=O)Nc2ccc(Cl)c(F)c2)nc1. The number of rotatable bonds is 3. The summed E-state index contributed by atoms with van der Waals surface area (Å²) >= 11 is 5.53. The number of aromatic nitrogens is 1. The number of carboxylic acids is 1. The van der Waals surface area contributed by atoms with Crippen molar-refractivity contribution in [2.75, 3.05) is 5.32 Å². The van der Waals surface area contributed by atoms with Crippen LogP contribution in [0.15, 0.2) is 36.5 Å². The molecule has 20 heavy (non-hydrogen) atoms. The van der Waals surface area contributed by atoms with Gasteiger partial charge in [0.15, 0.2) is 0 Å². The van der Waals surface area contributed by atoms with Gasteiger partial charge in [-0.15, -0.1) is 0 Å². The fraction of sp³-hybridized carbons (Fsp3) is 0. The summed E-state index contributed by atoms with van der Waals surface area (Å²) in [6, 6.07) is 6.35. The van der Waals surface area contributed by atoms with Crippen LogP contribution in [0.5, 0.6) is 0 Å². The quantitative estimate of drug-likeness (QED) is 0.912. The monoisotopic (exact) mass is 294 g/mol. The molecule has 0 radical (unpaired) electrons.